The van der Waals surface area contributed by atoms with Gasteiger partial charge >= 0.3 is 5.97 Å². The van der Waals surface area contributed by atoms with Crippen LogP contribution >= 0.6 is 0 Å². The zero-order valence-electron chi connectivity index (χ0n) is 9.12. The molecule has 5 heteroatoms. The average Bonchev–Trinajstić information content (AvgIpc) is 2.61. The van der Waals surface area contributed by atoms with Crippen LogP contribution in [0.1, 0.15) is 19.8 Å². The molecule has 15 heavy (non-hydrogen) atoms. The largest absolute Gasteiger partial charge is 0.466 e. The Morgan fingerprint density at radius 3 is 3.07 bits per heavy atom. The SMILES string of the molecule is CCOC(=O)CCNCC1(O)CCOC1. The van der Waals surface area contributed by atoms with Gasteiger partial charge in [-0.2, -0.15) is 0 Å². The van der Waals surface area contributed by atoms with Crippen LogP contribution in [0.5, 0.6) is 0 Å². The molecule has 0 spiro atoms. The Kier molecular flexibility index (Phi) is 5.01. The molecule has 0 bridgehead atoms. The van der Waals surface area contributed by atoms with Crippen molar-refractivity contribution in [2.24, 2.45) is 0 Å². The topological polar surface area (TPSA) is 67.8 Å². The molecule has 2 N–H and O–H groups in total. The molecule has 0 radical (unpaired) electrons. The lowest BCUT2D eigenvalue weighted by Crippen LogP contribution is -2.41. The highest BCUT2D eigenvalue weighted by atomic mass is 16.5. The molecule has 1 fully saturated rings. The lowest BCUT2D eigenvalue weighted by atomic mass is 10.0. The number of esters is 1. The monoisotopic (exact) mass is 217 g/mol. The van der Waals surface area contributed by atoms with Gasteiger partial charge in [-0.25, -0.2) is 0 Å². The number of nitrogens with one attached hydrogen (secondary N) is 1. The Hall–Kier alpha value is -0.650. The van der Waals surface area contributed by atoms with Crippen molar-refractivity contribution in [1.82, 2.24) is 5.32 Å². The number of hydrogen-bond donors (Lipinski definition) is 2. The molecule has 1 aliphatic heterocycles. The molecule has 1 unspecified atom stereocenters. The van der Waals surface area contributed by atoms with E-state index in [4.69, 9.17) is 9.47 Å². The molecule has 88 valence electrons. The molecule has 0 aliphatic carbocycles. The van der Waals surface area contributed by atoms with E-state index in [0.717, 1.165) is 0 Å². The number of hydrogen-bond acceptors (Lipinski definition) is 5. The zero-order valence-corrected chi connectivity index (χ0v) is 9.12. The molecule has 5 nitrogen and oxygen atoms in total. The zero-order chi connectivity index (χ0) is 11.1. The van der Waals surface area contributed by atoms with Crippen molar-refractivity contribution in [2.75, 3.05) is 32.9 Å². The van der Waals surface area contributed by atoms with E-state index in [2.05, 4.69) is 5.32 Å². The minimum Gasteiger partial charge on any atom is -0.466 e. The summed E-state index contributed by atoms with van der Waals surface area (Å²) in [4.78, 5) is 11.0. The van der Waals surface area contributed by atoms with Gasteiger partial charge in [0.2, 0.25) is 0 Å². The second kappa shape index (κ2) is 6.05. The van der Waals surface area contributed by atoms with Crippen molar-refractivity contribution >= 4 is 5.97 Å². The number of carbonyl (C=O) groups is 1. The Bertz CT molecular complexity index is 202. The van der Waals surface area contributed by atoms with E-state index in [9.17, 15) is 9.90 Å². The van der Waals surface area contributed by atoms with Crippen LogP contribution in [0.25, 0.3) is 0 Å². The fraction of sp³-hybridized carbons (Fsp3) is 0.900. The first-order valence-corrected chi connectivity index (χ1v) is 5.33. The van der Waals surface area contributed by atoms with Gasteiger partial charge in [-0.05, 0) is 6.92 Å². The van der Waals surface area contributed by atoms with Crippen LogP contribution in [0, 0.1) is 0 Å². The third kappa shape index (κ3) is 4.59. The molecule has 1 rings (SSSR count). The summed E-state index contributed by atoms with van der Waals surface area (Å²) < 4.78 is 9.87. The van der Waals surface area contributed by atoms with Crippen molar-refractivity contribution in [3.8, 4) is 0 Å². The summed E-state index contributed by atoms with van der Waals surface area (Å²) in [5.74, 6) is -0.209. The fourth-order valence-corrected chi connectivity index (χ4v) is 1.48. The predicted molar refractivity (Wildman–Crippen MR) is 54.5 cm³/mol. The third-order valence-electron chi connectivity index (χ3n) is 2.35. The molecular formula is C10H19NO4. The smallest absolute Gasteiger partial charge is 0.307 e. The highest BCUT2D eigenvalue weighted by molar-refractivity contribution is 5.69. The summed E-state index contributed by atoms with van der Waals surface area (Å²) in [7, 11) is 0. The van der Waals surface area contributed by atoms with Crippen LogP contribution in [0.2, 0.25) is 0 Å². The maximum atomic E-state index is 11.0. The van der Waals surface area contributed by atoms with Gasteiger partial charge in [0.05, 0.1) is 19.6 Å². The van der Waals surface area contributed by atoms with Gasteiger partial charge in [-0.1, -0.05) is 0 Å². The van der Waals surface area contributed by atoms with Crippen LogP contribution in [-0.4, -0.2) is 49.6 Å². The summed E-state index contributed by atoms with van der Waals surface area (Å²) in [6, 6.07) is 0. The van der Waals surface area contributed by atoms with Gasteiger partial charge in [0.25, 0.3) is 0 Å². The maximum absolute atomic E-state index is 11.0. The van der Waals surface area contributed by atoms with Gasteiger partial charge in [-0.15, -0.1) is 0 Å². The fourth-order valence-electron chi connectivity index (χ4n) is 1.48. The van der Waals surface area contributed by atoms with E-state index in [0.29, 0.717) is 45.8 Å². The molecular weight excluding hydrogens is 198 g/mol. The van der Waals surface area contributed by atoms with E-state index in [1.807, 2.05) is 0 Å². The third-order valence-corrected chi connectivity index (χ3v) is 2.35. The summed E-state index contributed by atoms with van der Waals surface area (Å²) in [5, 5.41) is 12.9. The molecule has 1 saturated heterocycles. The Labute approximate surface area is 89.8 Å². The molecule has 0 aromatic heterocycles. The molecule has 1 heterocycles. The first-order valence-electron chi connectivity index (χ1n) is 5.33. The van der Waals surface area contributed by atoms with Crippen LogP contribution in [0.4, 0.5) is 0 Å². The molecule has 0 saturated carbocycles. The summed E-state index contributed by atoms with van der Waals surface area (Å²) in [6.07, 6.45) is 0.990. The van der Waals surface area contributed by atoms with Crippen LogP contribution in [0.3, 0.4) is 0 Å². The van der Waals surface area contributed by atoms with Gasteiger partial charge in [0.1, 0.15) is 5.60 Å². The first-order chi connectivity index (χ1) is 7.16. The lowest BCUT2D eigenvalue weighted by Gasteiger charge is -2.20. The number of ether oxygens (including phenoxy) is 2. The average molecular weight is 217 g/mol. The maximum Gasteiger partial charge on any atom is 0.307 e. The quantitative estimate of drug-likeness (QED) is 0.471. The van der Waals surface area contributed by atoms with Crippen molar-refractivity contribution in [2.45, 2.75) is 25.4 Å². The van der Waals surface area contributed by atoms with Gasteiger partial charge in [0, 0.05) is 26.1 Å². The second-order valence-corrected chi connectivity index (χ2v) is 3.76. The van der Waals surface area contributed by atoms with Crippen molar-refractivity contribution in [1.29, 1.82) is 0 Å². The molecule has 0 amide bonds. The van der Waals surface area contributed by atoms with E-state index in [-0.39, 0.29) is 5.97 Å². The second-order valence-electron chi connectivity index (χ2n) is 3.76. The molecule has 0 aromatic carbocycles. The Balaban J connectivity index is 2.03. The van der Waals surface area contributed by atoms with E-state index in [1.54, 1.807) is 6.92 Å². The minimum absolute atomic E-state index is 0.209. The lowest BCUT2D eigenvalue weighted by molar-refractivity contribution is -0.143. The number of carbonyl (C=O) groups excluding carboxylic acids is 1. The van der Waals surface area contributed by atoms with Crippen LogP contribution in [0.15, 0.2) is 0 Å². The van der Waals surface area contributed by atoms with Crippen molar-refractivity contribution in [3.05, 3.63) is 0 Å². The number of aliphatic hydroxyl groups is 1. The van der Waals surface area contributed by atoms with Gasteiger partial charge in [0.15, 0.2) is 0 Å². The predicted octanol–water partition coefficient (Wildman–Crippen LogP) is -0.319. The highest BCUT2D eigenvalue weighted by Crippen LogP contribution is 2.16. The summed E-state index contributed by atoms with van der Waals surface area (Å²) in [5.41, 5.74) is -0.755. The Morgan fingerprint density at radius 2 is 2.47 bits per heavy atom. The van der Waals surface area contributed by atoms with Crippen molar-refractivity contribution in [3.63, 3.8) is 0 Å². The Morgan fingerprint density at radius 1 is 1.67 bits per heavy atom. The molecule has 0 aromatic rings. The van der Waals surface area contributed by atoms with Crippen molar-refractivity contribution < 1.29 is 19.4 Å². The number of rotatable bonds is 6. The summed E-state index contributed by atoms with van der Waals surface area (Å²) >= 11 is 0. The van der Waals surface area contributed by atoms with Crippen LogP contribution in [-0.2, 0) is 14.3 Å². The highest BCUT2D eigenvalue weighted by Gasteiger charge is 2.31. The van der Waals surface area contributed by atoms with Crippen LogP contribution < -0.4 is 5.32 Å². The van der Waals surface area contributed by atoms with E-state index in [1.165, 1.54) is 0 Å². The molecule has 1 aliphatic rings. The van der Waals surface area contributed by atoms with E-state index >= 15 is 0 Å². The first kappa shape index (κ1) is 12.4. The minimum atomic E-state index is -0.755. The molecule has 1 atom stereocenters. The normalized spacial score (nSPS) is 25.5. The van der Waals surface area contributed by atoms with E-state index < -0.39 is 5.60 Å². The summed E-state index contributed by atoms with van der Waals surface area (Å²) in [6.45, 7) is 4.17. The van der Waals surface area contributed by atoms with Gasteiger partial charge in [-0.3, -0.25) is 4.79 Å². The van der Waals surface area contributed by atoms with Gasteiger partial charge < -0.3 is 19.9 Å². The standard InChI is InChI=1S/C10H19NO4/c1-2-15-9(12)3-5-11-7-10(13)4-6-14-8-10/h11,13H,2-8H2,1H3.